The zero-order valence-corrected chi connectivity index (χ0v) is 42.8. The van der Waals surface area contributed by atoms with Crippen LogP contribution in [0.1, 0.15) is 94.7 Å². The van der Waals surface area contributed by atoms with Gasteiger partial charge in [0.05, 0.1) is 18.2 Å². The molecular formula is C66H51N3Pt-2. The molecule has 0 radical (unpaired) electrons. The minimum atomic E-state index is -0.820. The number of aryl methyl sites for hydroxylation is 7. The number of pyridine rings is 1. The average Bonchev–Trinajstić information content (AvgIpc) is 4.11. The first kappa shape index (κ1) is 44.0. The second-order valence-corrected chi connectivity index (χ2v) is 19.7. The molecule has 0 unspecified atom stereocenters. The summed E-state index contributed by atoms with van der Waals surface area (Å²) in [5.74, 6) is 0. The van der Waals surface area contributed by atoms with Crippen molar-refractivity contribution in [2.45, 2.75) is 57.9 Å². The van der Waals surface area contributed by atoms with Crippen molar-refractivity contribution in [1.82, 2.24) is 9.55 Å². The number of aromatic nitrogens is 3. The number of hydrogen-bond acceptors (Lipinski definition) is 1. The molecule has 2 aromatic heterocycles. The Hall–Kier alpha value is -7.19. The summed E-state index contributed by atoms with van der Waals surface area (Å²) in [5.41, 5.74) is 25.6. The SMILES string of the molecule is Cc1cccc2c1-c1c(C)cccc1C2(c1[c-]c(C2(c3ccccn3)c3cccc(C)c3-c3c(C)cccc32)ccc1)c1[c-]c(C2(n3[c-][n+](C)cc3)c3cccc(C)c3-c3c(C)cccc32)ccc1.[Pt]. The van der Waals surface area contributed by atoms with Crippen LogP contribution in [0.3, 0.4) is 0 Å². The van der Waals surface area contributed by atoms with Crippen LogP contribution in [0.5, 0.6) is 0 Å². The molecule has 3 nitrogen and oxygen atoms in total. The van der Waals surface area contributed by atoms with Gasteiger partial charge in [0.25, 0.3) is 0 Å². The third kappa shape index (κ3) is 5.56. The predicted molar refractivity (Wildman–Crippen MR) is 277 cm³/mol. The van der Waals surface area contributed by atoms with Crippen LogP contribution in [0, 0.1) is 60.0 Å². The third-order valence-corrected chi connectivity index (χ3v) is 16.1. The van der Waals surface area contributed by atoms with Gasteiger partial charge in [0.2, 0.25) is 6.33 Å². The van der Waals surface area contributed by atoms with E-state index >= 15 is 0 Å². The normalized spacial score (nSPS) is 14.7. The van der Waals surface area contributed by atoms with E-state index in [4.69, 9.17) is 4.98 Å². The molecule has 0 atom stereocenters. The molecular weight excluding hydrogens is 1030 g/mol. The summed E-state index contributed by atoms with van der Waals surface area (Å²) in [7, 11) is 2.06. The van der Waals surface area contributed by atoms with Crippen molar-refractivity contribution in [3.05, 3.63) is 296 Å². The van der Waals surface area contributed by atoms with Gasteiger partial charge in [-0.3, -0.25) is 4.98 Å². The van der Waals surface area contributed by atoms with Crippen LogP contribution in [-0.4, -0.2) is 9.55 Å². The summed E-state index contributed by atoms with van der Waals surface area (Å²) in [4.78, 5) is 5.27. The van der Waals surface area contributed by atoms with Crippen LogP contribution >= 0.6 is 0 Å². The molecule has 10 aromatic rings. The van der Waals surface area contributed by atoms with Crippen LogP contribution in [0.25, 0.3) is 33.4 Å². The van der Waals surface area contributed by atoms with Crippen LogP contribution in [-0.2, 0) is 44.5 Å². The second kappa shape index (κ2) is 15.9. The van der Waals surface area contributed by atoms with Crippen LogP contribution in [0.2, 0.25) is 0 Å². The number of hydrogen-bond donors (Lipinski definition) is 0. The monoisotopic (exact) mass is 1080 g/mol. The van der Waals surface area contributed by atoms with Crippen molar-refractivity contribution in [3.8, 4) is 33.4 Å². The van der Waals surface area contributed by atoms with Crippen molar-refractivity contribution >= 4 is 0 Å². The number of benzene rings is 8. The number of imidazole rings is 1. The first-order valence-electron chi connectivity index (χ1n) is 24.2. The molecule has 0 aliphatic heterocycles. The van der Waals surface area contributed by atoms with Crippen molar-refractivity contribution in [1.29, 1.82) is 0 Å². The minimum Gasteiger partial charge on any atom is -0.354 e. The Kier molecular flexibility index (Phi) is 10.0. The largest absolute Gasteiger partial charge is 0.354 e. The zero-order valence-electron chi connectivity index (χ0n) is 40.5. The van der Waals surface area contributed by atoms with Gasteiger partial charge in [-0.25, -0.2) is 0 Å². The van der Waals surface area contributed by atoms with E-state index in [1.165, 1.54) is 100 Å². The maximum atomic E-state index is 5.27. The molecule has 0 amide bonds. The van der Waals surface area contributed by atoms with E-state index in [1.807, 2.05) is 16.8 Å². The Morgan fingerprint density at radius 2 is 0.757 bits per heavy atom. The molecule has 2 heterocycles. The minimum absolute atomic E-state index is 0. The van der Waals surface area contributed by atoms with Gasteiger partial charge in [-0.05, 0) is 155 Å². The smallest absolute Gasteiger partial charge is 0.204 e. The van der Waals surface area contributed by atoms with E-state index in [1.54, 1.807) is 0 Å². The van der Waals surface area contributed by atoms with Crippen molar-refractivity contribution in [3.63, 3.8) is 0 Å². The zero-order chi connectivity index (χ0) is 47.0. The molecule has 0 bridgehead atoms. The molecule has 0 spiro atoms. The maximum Gasteiger partial charge on any atom is 0.204 e. The summed E-state index contributed by atoms with van der Waals surface area (Å²) >= 11 is 0. The van der Waals surface area contributed by atoms with Gasteiger partial charge in [0, 0.05) is 43.8 Å². The molecule has 4 heteroatoms. The Morgan fingerprint density at radius 1 is 0.400 bits per heavy atom. The van der Waals surface area contributed by atoms with E-state index in [9.17, 15) is 0 Å². The standard InChI is InChI=1S/C66H51N3.Pt/c1-41-18-10-28-51-58(41)59-42(2)19-11-29-52(59)64(51,47-24-16-26-49(38-47)65(57-34-8-9-35-67-57)53-30-12-20-43(3)60(53)61-44(4)21-13-31-54(61)65)48-25-17-27-50(39-48)66(69-37-36-68(7)40-69)55-32-14-22-45(5)62(55)63-46(6)23-15-33-56(63)66;/h8-37H,1-7H3;/q-2;. The number of rotatable bonds is 6. The van der Waals surface area contributed by atoms with Gasteiger partial charge >= 0.3 is 0 Å². The fourth-order valence-electron chi connectivity index (χ4n) is 13.4. The molecule has 0 saturated heterocycles. The molecule has 0 fully saturated rings. The van der Waals surface area contributed by atoms with Crippen molar-refractivity contribution < 1.29 is 25.6 Å². The first-order chi connectivity index (χ1) is 33.6. The molecule has 3 aliphatic carbocycles. The van der Waals surface area contributed by atoms with Gasteiger partial charge in [-0.15, -0.1) is 22.3 Å². The molecule has 70 heavy (non-hydrogen) atoms. The number of nitrogens with zero attached hydrogens (tertiary/aromatic N) is 3. The van der Waals surface area contributed by atoms with Gasteiger partial charge in [0.1, 0.15) is 5.54 Å². The molecule has 342 valence electrons. The van der Waals surface area contributed by atoms with Gasteiger partial charge < -0.3 is 9.13 Å². The summed E-state index contributed by atoms with van der Waals surface area (Å²) in [6.45, 7) is 13.5. The topological polar surface area (TPSA) is 21.7 Å². The van der Waals surface area contributed by atoms with E-state index < -0.39 is 16.4 Å². The first-order valence-corrected chi connectivity index (χ1v) is 24.2. The van der Waals surface area contributed by atoms with Gasteiger partial charge in [0.15, 0.2) is 0 Å². The van der Waals surface area contributed by atoms with E-state index in [2.05, 4.69) is 242 Å². The summed E-state index contributed by atoms with van der Waals surface area (Å²) < 4.78 is 4.33. The van der Waals surface area contributed by atoms with Crippen molar-refractivity contribution in [2.75, 3.05) is 0 Å². The fourth-order valence-corrected chi connectivity index (χ4v) is 13.4. The average molecular weight is 1080 g/mol. The second-order valence-electron chi connectivity index (χ2n) is 19.7. The molecule has 3 aliphatic rings. The molecule has 8 aromatic carbocycles. The Labute approximate surface area is 426 Å². The van der Waals surface area contributed by atoms with Crippen LogP contribution < -0.4 is 4.57 Å². The quantitative estimate of drug-likeness (QED) is 0.120. The Balaban J connectivity index is 0.00000505. The fraction of sp³-hybridized carbons (Fsp3) is 0.152. The van der Waals surface area contributed by atoms with E-state index in [0.29, 0.717) is 0 Å². The molecule has 0 N–H and O–H groups in total. The van der Waals surface area contributed by atoms with Crippen LogP contribution in [0.15, 0.2) is 182 Å². The Bertz CT molecular complexity index is 3630. The summed E-state index contributed by atoms with van der Waals surface area (Å²) in [5, 5.41) is 0. The van der Waals surface area contributed by atoms with Gasteiger partial charge in [-0.2, -0.15) is 48.5 Å². The molecule has 0 saturated carbocycles. The predicted octanol–water partition coefficient (Wildman–Crippen LogP) is 13.5. The third-order valence-electron chi connectivity index (χ3n) is 16.1. The van der Waals surface area contributed by atoms with Crippen molar-refractivity contribution in [2.24, 2.45) is 7.05 Å². The van der Waals surface area contributed by atoms with Gasteiger partial charge in [-0.1, -0.05) is 115 Å². The van der Waals surface area contributed by atoms with Crippen LogP contribution in [0.4, 0.5) is 0 Å². The number of fused-ring (bicyclic) bond motifs is 9. The summed E-state index contributed by atoms with van der Waals surface area (Å²) in [6.07, 6.45) is 9.97. The Morgan fingerprint density at radius 3 is 1.16 bits per heavy atom. The maximum absolute atomic E-state index is 5.27. The molecule has 13 rings (SSSR count). The summed E-state index contributed by atoms with van der Waals surface area (Å²) in [6, 6.07) is 69.8. The van der Waals surface area contributed by atoms with E-state index in [-0.39, 0.29) is 21.1 Å². The van der Waals surface area contributed by atoms with E-state index in [0.717, 1.165) is 27.9 Å².